The Kier molecular flexibility index (Phi) is 4.49. The first kappa shape index (κ1) is 17.4. The quantitative estimate of drug-likeness (QED) is 0.711. The normalized spacial score (nSPS) is 15.9. The van der Waals surface area contributed by atoms with E-state index in [0.29, 0.717) is 28.9 Å². The first-order valence-corrected chi connectivity index (χ1v) is 9.04. The number of aromatic nitrogens is 2. The number of fused-ring (bicyclic) bond motifs is 1. The van der Waals surface area contributed by atoms with E-state index in [2.05, 4.69) is 10.4 Å². The van der Waals surface area contributed by atoms with Gasteiger partial charge in [0, 0.05) is 17.9 Å². The number of hydrogen-bond acceptors (Lipinski definition) is 4. The van der Waals surface area contributed by atoms with Crippen molar-refractivity contribution in [3.63, 3.8) is 0 Å². The summed E-state index contributed by atoms with van der Waals surface area (Å²) < 4.78 is 7.13. The largest absolute Gasteiger partial charge is 0.504 e. The van der Waals surface area contributed by atoms with Crippen LogP contribution in [0.25, 0.3) is 5.69 Å². The summed E-state index contributed by atoms with van der Waals surface area (Å²) in [4.78, 5) is 12.4. The molecule has 1 aromatic heterocycles. The van der Waals surface area contributed by atoms with E-state index in [1.165, 1.54) is 0 Å². The van der Waals surface area contributed by atoms with E-state index in [-0.39, 0.29) is 24.0 Å². The van der Waals surface area contributed by atoms with Crippen molar-refractivity contribution < 1.29 is 14.6 Å². The SMILES string of the molecule is CCOc1cc(C2CC(=O)Nc3c2cnn3-c2ccccc2Cl)ccc1O. The molecule has 0 bridgehead atoms. The molecule has 0 radical (unpaired) electrons. The molecule has 1 aliphatic heterocycles. The van der Waals surface area contributed by atoms with Crippen LogP contribution in [-0.2, 0) is 4.79 Å². The van der Waals surface area contributed by atoms with Crippen LogP contribution in [0.5, 0.6) is 11.5 Å². The Morgan fingerprint density at radius 2 is 2.15 bits per heavy atom. The number of aromatic hydroxyl groups is 1. The van der Waals surface area contributed by atoms with E-state index in [0.717, 1.165) is 11.1 Å². The molecule has 3 aromatic rings. The molecule has 2 heterocycles. The molecule has 1 amide bonds. The zero-order valence-corrected chi connectivity index (χ0v) is 15.4. The van der Waals surface area contributed by atoms with Crippen LogP contribution in [0, 0.1) is 0 Å². The van der Waals surface area contributed by atoms with E-state index in [4.69, 9.17) is 16.3 Å². The number of nitrogens with zero attached hydrogens (tertiary/aromatic N) is 2. The first-order valence-electron chi connectivity index (χ1n) is 8.67. The topological polar surface area (TPSA) is 76.4 Å². The monoisotopic (exact) mass is 383 g/mol. The molecule has 1 atom stereocenters. The summed E-state index contributed by atoms with van der Waals surface area (Å²) in [5, 5.41) is 17.9. The number of rotatable bonds is 4. The second kappa shape index (κ2) is 6.96. The number of ether oxygens (including phenoxy) is 1. The molecule has 0 fully saturated rings. The van der Waals surface area contributed by atoms with Gasteiger partial charge in [0.1, 0.15) is 5.82 Å². The van der Waals surface area contributed by atoms with Gasteiger partial charge < -0.3 is 15.2 Å². The molecular formula is C20H18ClN3O3. The highest BCUT2D eigenvalue weighted by atomic mass is 35.5. The van der Waals surface area contributed by atoms with E-state index in [9.17, 15) is 9.90 Å². The Labute approximate surface area is 161 Å². The molecule has 6 nitrogen and oxygen atoms in total. The van der Waals surface area contributed by atoms with Crippen molar-refractivity contribution in [1.82, 2.24) is 9.78 Å². The molecule has 0 spiro atoms. The molecule has 0 aliphatic carbocycles. The average molecular weight is 384 g/mol. The van der Waals surface area contributed by atoms with Crippen LogP contribution in [0.3, 0.4) is 0 Å². The lowest BCUT2D eigenvalue weighted by Gasteiger charge is -2.24. The van der Waals surface area contributed by atoms with Crippen LogP contribution in [0.4, 0.5) is 5.82 Å². The smallest absolute Gasteiger partial charge is 0.226 e. The third-order valence-corrected chi connectivity index (χ3v) is 4.91. The van der Waals surface area contributed by atoms with E-state index in [1.807, 2.05) is 25.1 Å². The van der Waals surface area contributed by atoms with Crippen molar-refractivity contribution in [3.05, 3.63) is 64.8 Å². The Hall–Kier alpha value is -2.99. The number of carbonyl (C=O) groups is 1. The van der Waals surface area contributed by atoms with Crippen molar-refractivity contribution in [2.75, 3.05) is 11.9 Å². The fraction of sp³-hybridized carbons (Fsp3) is 0.200. The van der Waals surface area contributed by atoms with E-state index < -0.39 is 0 Å². The van der Waals surface area contributed by atoms with Gasteiger partial charge in [-0.1, -0.05) is 29.8 Å². The standard InChI is InChI=1S/C20H18ClN3O3/c1-2-27-18-9-12(7-8-17(18)25)13-10-19(26)23-20-14(13)11-22-24(20)16-6-4-3-5-15(16)21/h3-9,11,13,25H,2,10H2,1H3,(H,23,26). The summed E-state index contributed by atoms with van der Waals surface area (Å²) in [6.07, 6.45) is 2.04. The second-order valence-corrected chi connectivity index (χ2v) is 6.68. The minimum atomic E-state index is -0.190. The first-order chi connectivity index (χ1) is 13.1. The Morgan fingerprint density at radius 3 is 2.93 bits per heavy atom. The van der Waals surface area contributed by atoms with Crippen molar-refractivity contribution in [1.29, 1.82) is 0 Å². The summed E-state index contributed by atoms with van der Waals surface area (Å²) >= 11 is 6.30. The number of phenolic OH excluding ortho intramolecular Hbond substituents is 1. The number of hydrogen-bond donors (Lipinski definition) is 2. The highest BCUT2D eigenvalue weighted by Crippen LogP contribution is 2.41. The molecule has 0 saturated carbocycles. The zero-order chi connectivity index (χ0) is 19.0. The third kappa shape index (κ3) is 3.13. The van der Waals surface area contributed by atoms with Crippen molar-refractivity contribution >= 4 is 23.3 Å². The van der Waals surface area contributed by atoms with Crippen LogP contribution in [-0.4, -0.2) is 27.4 Å². The van der Waals surface area contributed by atoms with Crippen molar-refractivity contribution in [2.45, 2.75) is 19.3 Å². The van der Waals surface area contributed by atoms with Gasteiger partial charge in [-0.25, -0.2) is 4.68 Å². The fourth-order valence-corrected chi connectivity index (χ4v) is 3.56. The minimum Gasteiger partial charge on any atom is -0.504 e. The number of amides is 1. The van der Waals surface area contributed by atoms with E-state index >= 15 is 0 Å². The average Bonchev–Trinajstić information content (AvgIpc) is 3.07. The van der Waals surface area contributed by atoms with Gasteiger partial charge in [0.15, 0.2) is 11.5 Å². The summed E-state index contributed by atoms with van der Waals surface area (Å²) in [7, 11) is 0. The maximum Gasteiger partial charge on any atom is 0.226 e. The molecule has 0 saturated heterocycles. The van der Waals surface area contributed by atoms with Gasteiger partial charge in [0.25, 0.3) is 0 Å². The van der Waals surface area contributed by atoms with Gasteiger partial charge in [-0.2, -0.15) is 5.10 Å². The Morgan fingerprint density at radius 1 is 1.33 bits per heavy atom. The lowest BCUT2D eigenvalue weighted by Crippen LogP contribution is -2.24. The number of carbonyl (C=O) groups excluding carboxylic acids is 1. The summed E-state index contributed by atoms with van der Waals surface area (Å²) in [6, 6.07) is 12.5. The van der Waals surface area contributed by atoms with Gasteiger partial charge in [-0.05, 0) is 36.8 Å². The predicted octanol–water partition coefficient (Wildman–Crippen LogP) is 4.10. The number of nitrogens with one attached hydrogen (secondary N) is 1. The van der Waals surface area contributed by atoms with Crippen LogP contribution in [0.1, 0.15) is 30.4 Å². The fourth-order valence-electron chi connectivity index (χ4n) is 3.34. The lowest BCUT2D eigenvalue weighted by molar-refractivity contribution is -0.116. The zero-order valence-electron chi connectivity index (χ0n) is 14.6. The molecule has 7 heteroatoms. The molecule has 1 unspecified atom stereocenters. The highest BCUT2D eigenvalue weighted by molar-refractivity contribution is 6.32. The molecule has 138 valence electrons. The number of para-hydroxylation sites is 1. The Balaban J connectivity index is 1.80. The van der Waals surface area contributed by atoms with Crippen LogP contribution in [0.2, 0.25) is 5.02 Å². The molecule has 1 aliphatic rings. The minimum absolute atomic E-state index is 0.0767. The van der Waals surface area contributed by atoms with Gasteiger partial charge in [0.05, 0.1) is 23.5 Å². The van der Waals surface area contributed by atoms with Crippen LogP contribution >= 0.6 is 11.6 Å². The number of anilines is 1. The molecular weight excluding hydrogens is 366 g/mol. The van der Waals surface area contributed by atoms with Gasteiger partial charge in [0.2, 0.25) is 5.91 Å². The number of phenols is 1. The maximum atomic E-state index is 12.4. The molecule has 4 rings (SSSR count). The van der Waals surface area contributed by atoms with Gasteiger partial charge >= 0.3 is 0 Å². The van der Waals surface area contributed by atoms with Crippen molar-refractivity contribution in [3.8, 4) is 17.2 Å². The second-order valence-electron chi connectivity index (χ2n) is 6.28. The number of halogens is 1. The molecule has 2 aromatic carbocycles. The summed E-state index contributed by atoms with van der Waals surface area (Å²) in [5.41, 5.74) is 2.47. The predicted molar refractivity (Wildman–Crippen MR) is 103 cm³/mol. The van der Waals surface area contributed by atoms with Crippen LogP contribution in [0.15, 0.2) is 48.7 Å². The maximum absolute atomic E-state index is 12.4. The van der Waals surface area contributed by atoms with E-state index in [1.54, 1.807) is 35.1 Å². The number of benzene rings is 2. The summed E-state index contributed by atoms with van der Waals surface area (Å²) in [5.74, 6) is 0.793. The molecule has 27 heavy (non-hydrogen) atoms. The summed E-state index contributed by atoms with van der Waals surface area (Å²) in [6.45, 7) is 2.30. The highest BCUT2D eigenvalue weighted by Gasteiger charge is 2.31. The van der Waals surface area contributed by atoms with Gasteiger partial charge in [-0.3, -0.25) is 4.79 Å². The molecule has 2 N–H and O–H groups in total. The van der Waals surface area contributed by atoms with Crippen molar-refractivity contribution in [2.24, 2.45) is 0 Å². The van der Waals surface area contributed by atoms with Gasteiger partial charge in [-0.15, -0.1) is 0 Å². The Bertz CT molecular complexity index is 1020. The lowest BCUT2D eigenvalue weighted by atomic mass is 9.87. The third-order valence-electron chi connectivity index (χ3n) is 4.59. The van der Waals surface area contributed by atoms with Crippen LogP contribution < -0.4 is 10.1 Å².